The van der Waals surface area contributed by atoms with Gasteiger partial charge in [-0.15, -0.1) is 0 Å². The molecule has 0 bridgehead atoms. The first-order valence-electron chi connectivity index (χ1n) is 7.53. The van der Waals surface area contributed by atoms with Gasteiger partial charge in [0.15, 0.2) is 0 Å². The van der Waals surface area contributed by atoms with Crippen LogP contribution in [0.3, 0.4) is 0 Å². The van der Waals surface area contributed by atoms with Crippen molar-refractivity contribution in [2.24, 2.45) is 11.7 Å². The van der Waals surface area contributed by atoms with Crippen molar-refractivity contribution in [2.75, 3.05) is 13.1 Å². The third kappa shape index (κ3) is 2.93. The standard InChI is InChI=1S/C16H21N3O2/c17-15(20)13-6-3-7-19(10-13)16(21)14-8-11-4-1-2-5-12(11)9-18-14/h1-2,4-5,13-14,18H,3,6-10H2,(H2,17,20)/t13?,14-/m1/s1. The second-order valence-corrected chi connectivity index (χ2v) is 5.93. The quantitative estimate of drug-likeness (QED) is 0.828. The van der Waals surface area contributed by atoms with Crippen LogP contribution in [0.1, 0.15) is 24.0 Å². The molecule has 0 aliphatic carbocycles. The molecule has 5 heteroatoms. The minimum absolute atomic E-state index is 0.0930. The van der Waals surface area contributed by atoms with Gasteiger partial charge >= 0.3 is 0 Å². The molecular formula is C16H21N3O2. The van der Waals surface area contributed by atoms with Crippen molar-refractivity contribution in [3.8, 4) is 0 Å². The topological polar surface area (TPSA) is 75.4 Å². The molecule has 21 heavy (non-hydrogen) atoms. The first-order valence-corrected chi connectivity index (χ1v) is 7.53. The fraction of sp³-hybridized carbons (Fsp3) is 0.500. The average Bonchev–Trinajstić information content (AvgIpc) is 2.53. The minimum Gasteiger partial charge on any atom is -0.369 e. The zero-order valence-corrected chi connectivity index (χ0v) is 12.0. The first-order chi connectivity index (χ1) is 10.1. The van der Waals surface area contributed by atoms with Gasteiger partial charge in [-0.3, -0.25) is 9.59 Å². The van der Waals surface area contributed by atoms with Crippen LogP contribution in [-0.4, -0.2) is 35.8 Å². The molecule has 5 nitrogen and oxygen atoms in total. The van der Waals surface area contributed by atoms with Crippen molar-refractivity contribution < 1.29 is 9.59 Å². The van der Waals surface area contributed by atoms with E-state index in [-0.39, 0.29) is 23.8 Å². The highest BCUT2D eigenvalue weighted by Gasteiger charge is 2.32. The van der Waals surface area contributed by atoms with E-state index in [2.05, 4.69) is 17.4 Å². The summed E-state index contributed by atoms with van der Waals surface area (Å²) < 4.78 is 0. The van der Waals surface area contributed by atoms with Gasteiger partial charge in [0, 0.05) is 19.6 Å². The number of carbonyl (C=O) groups excluding carboxylic acids is 2. The molecule has 2 heterocycles. The molecule has 1 aromatic rings. The molecule has 112 valence electrons. The number of hydrogen-bond donors (Lipinski definition) is 2. The largest absolute Gasteiger partial charge is 0.369 e. The van der Waals surface area contributed by atoms with Gasteiger partial charge in [-0.05, 0) is 30.4 Å². The normalized spacial score (nSPS) is 25.2. The van der Waals surface area contributed by atoms with Crippen LogP contribution in [-0.2, 0) is 22.6 Å². The van der Waals surface area contributed by atoms with Crippen LogP contribution >= 0.6 is 0 Å². The Balaban J connectivity index is 1.67. The first kappa shape index (κ1) is 14.1. The molecule has 3 N–H and O–H groups in total. The fourth-order valence-electron chi connectivity index (χ4n) is 3.26. The third-order valence-electron chi connectivity index (χ3n) is 4.51. The number of piperidine rings is 1. The average molecular weight is 287 g/mol. The molecule has 0 aromatic heterocycles. The number of fused-ring (bicyclic) bond motifs is 1. The van der Waals surface area contributed by atoms with Gasteiger partial charge in [-0.1, -0.05) is 24.3 Å². The maximum atomic E-state index is 12.6. The Kier molecular flexibility index (Phi) is 3.92. The molecule has 2 aliphatic heterocycles. The lowest BCUT2D eigenvalue weighted by Crippen LogP contribution is -2.53. The third-order valence-corrected chi connectivity index (χ3v) is 4.51. The lowest BCUT2D eigenvalue weighted by atomic mass is 9.93. The van der Waals surface area contributed by atoms with Gasteiger partial charge in [0.25, 0.3) is 0 Å². The van der Waals surface area contributed by atoms with Crippen molar-refractivity contribution in [1.82, 2.24) is 10.2 Å². The maximum Gasteiger partial charge on any atom is 0.240 e. The van der Waals surface area contributed by atoms with Crippen LogP contribution in [0.2, 0.25) is 0 Å². The lowest BCUT2D eigenvalue weighted by molar-refractivity contribution is -0.137. The van der Waals surface area contributed by atoms with Gasteiger partial charge < -0.3 is 16.0 Å². The van der Waals surface area contributed by atoms with E-state index >= 15 is 0 Å². The smallest absolute Gasteiger partial charge is 0.240 e. The summed E-state index contributed by atoms with van der Waals surface area (Å²) in [5, 5.41) is 3.31. The number of carbonyl (C=O) groups is 2. The Morgan fingerprint density at radius 1 is 1.24 bits per heavy atom. The lowest BCUT2D eigenvalue weighted by Gasteiger charge is -2.35. The monoisotopic (exact) mass is 287 g/mol. The van der Waals surface area contributed by atoms with E-state index in [4.69, 9.17) is 5.73 Å². The van der Waals surface area contributed by atoms with E-state index in [1.54, 1.807) is 4.90 Å². The van der Waals surface area contributed by atoms with Crippen molar-refractivity contribution in [3.05, 3.63) is 35.4 Å². The summed E-state index contributed by atoms with van der Waals surface area (Å²) in [6.45, 7) is 1.91. The second kappa shape index (κ2) is 5.85. The summed E-state index contributed by atoms with van der Waals surface area (Å²) in [6.07, 6.45) is 2.36. The van der Waals surface area contributed by atoms with E-state index in [0.717, 1.165) is 25.9 Å². The molecular weight excluding hydrogens is 266 g/mol. The maximum absolute atomic E-state index is 12.6. The van der Waals surface area contributed by atoms with Gasteiger partial charge in [0.05, 0.1) is 12.0 Å². The van der Waals surface area contributed by atoms with E-state index in [9.17, 15) is 9.59 Å². The number of amides is 2. The summed E-state index contributed by atoms with van der Waals surface area (Å²) in [7, 11) is 0. The predicted octanol–water partition coefficient (Wildman–Crippen LogP) is 0.425. The highest BCUT2D eigenvalue weighted by atomic mass is 16.2. The molecule has 0 spiro atoms. The van der Waals surface area contributed by atoms with Gasteiger partial charge in [0.2, 0.25) is 11.8 Å². The Bertz CT molecular complexity index is 558. The highest BCUT2D eigenvalue weighted by molar-refractivity contribution is 5.84. The van der Waals surface area contributed by atoms with E-state index in [0.29, 0.717) is 13.0 Å². The number of hydrogen-bond acceptors (Lipinski definition) is 3. The number of rotatable bonds is 2. The molecule has 0 radical (unpaired) electrons. The molecule has 0 saturated carbocycles. The summed E-state index contributed by atoms with van der Waals surface area (Å²) >= 11 is 0. The second-order valence-electron chi connectivity index (χ2n) is 5.93. The zero-order valence-electron chi connectivity index (χ0n) is 12.0. The summed E-state index contributed by atoms with van der Waals surface area (Å²) in [5.41, 5.74) is 7.87. The van der Waals surface area contributed by atoms with E-state index < -0.39 is 0 Å². The van der Waals surface area contributed by atoms with Crippen LogP contribution in [0, 0.1) is 5.92 Å². The van der Waals surface area contributed by atoms with Crippen LogP contribution in [0.15, 0.2) is 24.3 Å². The Morgan fingerprint density at radius 3 is 2.76 bits per heavy atom. The Hall–Kier alpha value is -1.88. The molecule has 2 atom stereocenters. The number of primary amides is 1. The molecule has 3 rings (SSSR count). The van der Waals surface area contributed by atoms with Crippen LogP contribution in [0.4, 0.5) is 0 Å². The van der Waals surface area contributed by atoms with Crippen molar-refractivity contribution >= 4 is 11.8 Å². The molecule has 1 saturated heterocycles. The van der Waals surface area contributed by atoms with Crippen molar-refractivity contribution in [1.29, 1.82) is 0 Å². The van der Waals surface area contributed by atoms with Gasteiger partial charge in [-0.2, -0.15) is 0 Å². The van der Waals surface area contributed by atoms with Crippen LogP contribution in [0.5, 0.6) is 0 Å². The number of benzene rings is 1. The molecule has 2 amide bonds. The van der Waals surface area contributed by atoms with Crippen LogP contribution < -0.4 is 11.1 Å². The van der Waals surface area contributed by atoms with Crippen molar-refractivity contribution in [3.63, 3.8) is 0 Å². The minimum atomic E-state index is -0.297. The van der Waals surface area contributed by atoms with E-state index in [1.165, 1.54) is 11.1 Å². The summed E-state index contributed by atoms with van der Waals surface area (Å²) in [4.78, 5) is 25.8. The molecule has 1 unspecified atom stereocenters. The zero-order chi connectivity index (χ0) is 14.8. The van der Waals surface area contributed by atoms with E-state index in [1.807, 2.05) is 12.1 Å². The molecule has 1 aromatic carbocycles. The Morgan fingerprint density at radius 2 is 2.00 bits per heavy atom. The molecule has 1 fully saturated rings. The summed E-state index contributed by atoms with van der Waals surface area (Å²) in [5.74, 6) is -0.400. The van der Waals surface area contributed by atoms with Gasteiger partial charge in [0.1, 0.15) is 0 Å². The molecule has 2 aliphatic rings. The predicted molar refractivity (Wildman–Crippen MR) is 79.3 cm³/mol. The number of likely N-dealkylation sites (tertiary alicyclic amines) is 1. The number of nitrogens with two attached hydrogens (primary N) is 1. The number of nitrogens with one attached hydrogen (secondary N) is 1. The highest BCUT2D eigenvalue weighted by Crippen LogP contribution is 2.21. The summed E-state index contributed by atoms with van der Waals surface area (Å²) in [6, 6.07) is 8.01. The van der Waals surface area contributed by atoms with Crippen LogP contribution in [0.25, 0.3) is 0 Å². The Labute approximate surface area is 124 Å². The number of nitrogens with zero attached hydrogens (tertiary/aromatic N) is 1. The van der Waals surface area contributed by atoms with Crippen molar-refractivity contribution in [2.45, 2.75) is 31.8 Å². The SMILES string of the molecule is NC(=O)C1CCCN(C(=O)[C@H]2Cc3ccccc3CN2)C1. The van der Waals surface area contributed by atoms with Gasteiger partial charge in [-0.25, -0.2) is 0 Å². The fourth-order valence-corrected chi connectivity index (χ4v) is 3.26.